The number of hydrogen-bond acceptors (Lipinski definition) is 3. The number of carbonyl (C=O) groups excluding carboxylic acids is 2. The Kier molecular flexibility index (Phi) is 3.95. The lowest BCUT2D eigenvalue weighted by atomic mass is 9.97. The number of imidazole rings is 1. The summed E-state index contributed by atoms with van der Waals surface area (Å²) in [5.41, 5.74) is 3.47. The predicted molar refractivity (Wildman–Crippen MR) is 80.0 cm³/mol. The molecule has 4 nitrogen and oxygen atoms in total. The zero-order valence-corrected chi connectivity index (χ0v) is 11.9. The molecule has 1 atom stereocenters. The summed E-state index contributed by atoms with van der Waals surface area (Å²) in [6, 6.07) is 8.27. The summed E-state index contributed by atoms with van der Waals surface area (Å²) >= 11 is 0. The van der Waals surface area contributed by atoms with Crippen molar-refractivity contribution in [3.8, 4) is 11.3 Å². The predicted octanol–water partition coefficient (Wildman–Crippen LogP) is 3.17. The fourth-order valence-electron chi connectivity index (χ4n) is 3.01. The molecule has 0 fully saturated rings. The largest absolute Gasteiger partial charge is 0.323 e. The van der Waals surface area contributed by atoms with E-state index in [0.717, 1.165) is 24.8 Å². The van der Waals surface area contributed by atoms with Crippen molar-refractivity contribution in [2.24, 2.45) is 0 Å². The fraction of sp³-hybridized carbons (Fsp3) is 0.353. The molecule has 0 bridgehead atoms. The summed E-state index contributed by atoms with van der Waals surface area (Å²) < 4.78 is 2.09. The van der Waals surface area contributed by atoms with Crippen molar-refractivity contribution < 1.29 is 9.59 Å². The van der Waals surface area contributed by atoms with Gasteiger partial charge in [-0.2, -0.15) is 0 Å². The number of nitrogens with zero attached hydrogens (tertiary/aromatic N) is 2. The van der Waals surface area contributed by atoms with Gasteiger partial charge in [-0.15, -0.1) is 0 Å². The number of aromatic nitrogens is 2. The van der Waals surface area contributed by atoms with E-state index >= 15 is 0 Å². The molecule has 4 heteroatoms. The average Bonchev–Trinajstić information content (AvgIpc) is 3.07. The first-order valence-electron chi connectivity index (χ1n) is 7.37. The molecular weight excluding hydrogens is 264 g/mol. The Labute approximate surface area is 123 Å². The Bertz CT molecular complexity index is 660. The van der Waals surface area contributed by atoms with Crippen LogP contribution < -0.4 is 0 Å². The third-order valence-corrected chi connectivity index (χ3v) is 4.05. The molecule has 1 aromatic heterocycles. The van der Waals surface area contributed by atoms with Gasteiger partial charge in [0.25, 0.3) is 0 Å². The molecule has 2 heterocycles. The van der Waals surface area contributed by atoms with E-state index in [-0.39, 0.29) is 11.8 Å². The van der Waals surface area contributed by atoms with Gasteiger partial charge in [0.15, 0.2) is 0 Å². The van der Waals surface area contributed by atoms with Crippen molar-refractivity contribution in [2.45, 2.75) is 38.1 Å². The van der Waals surface area contributed by atoms with E-state index in [1.807, 2.05) is 18.3 Å². The van der Waals surface area contributed by atoms with Crippen molar-refractivity contribution in [1.82, 2.24) is 9.55 Å². The third-order valence-electron chi connectivity index (χ3n) is 4.05. The molecule has 0 aliphatic carbocycles. The lowest BCUT2D eigenvalue weighted by molar-refractivity contribution is -0.119. The zero-order valence-electron chi connectivity index (χ0n) is 11.9. The van der Waals surface area contributed by atoms with Crippen molar-refractivity contribution in [3.05, 3.63) is 42.4 Å². The Balaban J connectivity index is 1.71. The van der Waals surface area contributed by atoms with Crippen molar-refractivity contribution in [1.29, 1.82) is 0 Å². The van der Waals surface area contributed by atoms with E-state index in [2.05, 4.69) is 21.7 Å². The summed E-state index contributed by atoms with van der Waals surface area (Å²) in [4.78, 5) is 26.7. The topological polar surface area (TPSA) is 52.0 Å². The maximum Gasteiger partial charge on any atom is 0.135 e. The van der Waals surface area contributed by atoms with E-state index in [0.29, 0.717) is 19.3 Å². The van der Waals surface area contributed by atoms with Crippen LogP contribution in [0.15, 0.2) is 36.8 Å². The van der Waals surface area contributed by atoms with Crippen LogP contribution in [0.4, 0.5) is 0 Å². The highest BCUT2D eigenvalue weighted by Crippen LogP contribution is 2.40. The van der Waals surface area contributed by atoms with Gasteiger partial charge in [0, 0.05) is 24.8 Å². The number of aldehydes is 1. The highest BCUT2D eigenvalue weighted by molar-refractivity contribution is 5.81. The van der Waals surface area contributed by atoms with Crippen LogP contribution in [0.25, 0.3) is 11.3 Å². The highest BCUT2D eigenvalue weighted by atomic mass is 16.1. The summed E-state index contributed by atoms with van der Waals surface area (Å²) in [6.45, 7) is 0. The first kappa shape index (κ1) is 13.7. The molecule has 1 aromatic carbocycles. The van der Waals surface area contributed by atoms with Crippen LogP contribution in [0.5, 0.6) is 0 Å². The quantitative estimate of drug-likeness (QED) is 0.579. The number of unbranched alkanes of at least 4 members (excludes halogenated alkanes) is 2. The summed E-state index contributed by atoms with van der Waals surface area (Å²) in [5.74, 6) is 0.252. The normalized spacial score (nSPS) is 15.5. The van der Waals surface area contributed by atoms with Gasteiger partial charge < -0.3 is 9.36 Å². The van der Waals surface area contributed by atoms with Crippen LogP contribution in [-0.2, 0) is 9.59 Å². The minimum Gasteiger partial charge on any atom is -0.323 e. The number of Topliss-reactive ketones (excluding diaryl/α,β-unsaturated/α-hetero) is 1. The maximum atomic E-state index is 12.2. The number of fused-ring (bicyclic) bond motifs is 3. The van der Waals surface area contributed by atoms with E-state index in [1.54, 1.807) is 6.33 Å². The highest BCUT2D eigenvalue weighted by Gasteiger charge is 2.29. The van der Waals surface area contributed by atoms with Crippen molar-refractivity contribution >= 4 is 12.1 Å². The standard InChI is InChI=1S/C17H18N2O2/c20-9-5-1-2-6-13(21)10-16-14-7-3-4-8-15(14)17-11-18-12-19(16)17/h3-4,7-9,11-12,16H,1-2,5-6,10H2. The Hall–Kier alpha value is -2.23. The van der Waals surface area contributed by atoms with Gasteiger partial charge in [0.05, 0.1) is 24.3 Å². The van der Waals surface area contributed by atoms with Gasteiger partial charge >= 0.3 is 0 Å². The Morgan fingerprint density at radius 2 is 2.14 bits per heavy atom. The number of hydrogen-bond donors (Lipinski definition) is 0. The van der Waals surface area contributed by atoms with Crippen molar-refractivity contribution in [3.63, 3.8) is 0 Å². The van der Waals surface area contributed by atoms with Crippen molar-refractivity contribution in [2.75, 3.05) is 0 Å². The lowest BCUT2D eigenvalue weighted by Gasteiger charge is -2.13. The first-order valence-corrected chi connectivity index (χ1v) is 7.37. The summed E-state index contributed by atoms with van der Waals surface area (Å²) in [5, 5.41) is 0. The molecule has 108 valence electrons. The Morgan fingerprint density at radius 1 is 1.29 bits per heavy atom. The zero-order chi connectivity index (χ0) is 14.7. The molecule has 0 saturated carbocycles. The minimum atomic E-state index is 0.0669. The maximum absolute atomic E-state index is 12.2. The molecule has 1 aliphatic heterocycles. The van der Waals surface area contributed by atoms with E-state index in [4.69, 9.17) is 0 Å². The minimum absolute atomic E-state index is 0.0669. The number of benzene rings is 1. The monoisotopic (exact) mass is 282 g/mol. The second-order valence-electron chi connectivity index (χ2n) is 5.44. The van der Waals surface area contributed by atoms with E-state index < -0.39 is 0 Å². The fourth-order valence-corrected chi connectivity index (χ4v) is 3.01. The van der Waals surface area contributed by atoms with Crippen LogP contribution in [0.1, 0.15) is 43.7 Å². The molecule has 1 unspecified atom stereocenters. The molecule has 0 radical (unpaired) electrons. The summed E-state index contributed by atoms with van der Waals surface area (Å²) in [6.07, 6.45) is 7.77. The number of rotatable bonds is 7. The smallest absolute Gasteiger partial charge is 0.135 e. The van der Waals surface area contributed by atoms with E-state index in [9.17, 15) is 9.59 Å². The molecule has 0 amide bonds. The van der Waals surface area contributed by atoms with Crippen LogP contribution >= 0.6 is 0 Å². The molecule has 0 saturated heterocycles. The molecule has 0 spiro atoms. The van der Waals surface area contributed by atoms with Crippen LogP contribution in [-0.4, -0.2) is 21.6 Å². The molecule has 1 aliphatic rings. The van der Waals surface area contributed by atoms with Gasteiger partial charge in [-0.3, -0.25) is 4.79 Å². The van der Waals surface area contributed by atoms with Crippen LogP contribution in [0.2, 0.25) is 0 Å². The van der Waals surface area contributed by atoms with E-state index in [1.165, 1.54) is 11.1 Å². The molecule has 0 N–H and O–H groups in total. The SMILES string of the molecule is O=CCCCCC(=O)CC1c2ccccc2-c2cncn21. The third kappa shape index (κ3) is 2.66. The van der Waals surface area contributed by atoms with Gasteiger partial charge in [0.2, 0.25) is 0 Å². The van der Waals surface area contributed by atoms with Crippen LogP contribution in [0, 0.1) is 0 Å². The van der Waals surface area contributed by atoms with Gasteiger partial charge in [-0.05, 0) is 18.4 Å². The molecule has 3 rings (SSSR count). The van der Waals surface area contributed by atoms with Gasteiger partial charge in [-0.25, -0.2) is 4.98 Å². The number of ketones is 1. The number of carbonyl (C=O) groups is 2. The lowest BCUT2D eigenvalue weighted by Crippen LogP contribution is -2.11. The molecule has 2 aromatic rings. The summed E-state index contributed by atoms with van der Waals surface area (Å²) in [7, 11) is 0. The van der Waals surface area contributed by atoms with Gasteiger partial charge in [-0.1, -0.05) is 24.3 Å². The Morgan fingerprint density at radius 3 is 3.00 bits per heavy atom. The second kappa shape index (κ2) is 6.04. The second-order valence-corrected chi connectivity index (χ2v) is 5.44. The first-order chi connectivity index (χ1) is 10.3. The molecular formula is C17H18N2O2. The molecule has 21 heavy (non-hydrogen) atoms. The average molecular weight is 282 g/mol. The van der Waals surface area contributed by atoms with Crippen LogP contribution in [0.3, 0.4) is 0 Å². The van der Waals surface area contributed by atoms with Gasteiger partial charge in [0.1, 0.15) is 12.1 Å².